The zero-order chi connectivity index (χ0) is 25.4. The van der Waals surface area contributed by atoms with E-state index < -0.39 is 23.7 Å². The Balaban J connectivity index is 1.48. The summed E-state index contributed by atoms with van der Waals surface area (Å²) in [4.78, 5) is 12.6. The average molecular weight is 485 g/mol. The van der Waals surface area contributed by atoms with E-state index in [1.165, 1.54) is 31.3 Å². The van der Waals surface area contributed by atoms with Gasteiger partial charge in [0.2, 0.25) is 0 Å². The molecule has 4 fully saturated rings. The Morgan fingerprint density at radius 2 is 1.80 bits per heavy atom. The third-order valence-electron chi connectivity index (χ3n) is 10.0. The molecule has 0 aliphatic heterocycles. The van der Waals surface area contributed by atoms with Crippen LogP contribution in [0.15, 0.2) is 35.5 Å². The van der Waals surface area contributed by atoms with Gasteiger partial charge in [-0.3, -0.25) is 4.79 Å². The Morgan fingerprint density at radius 3 is 2.43 bits per heavy atom. The summed E-state index contributed by atoms with van der Waals surface area (Å²) in [5, 5.41) is 31.0. The van der Waals surface area contributed by atoms with Gasteiger partial charge in [-0.1, -0.05) is 63.1 Å². The third-order valence-corrected chi connectivity index (χ3v) is 10.0. The molecular weight excluding hydrogens is 436 g/mol. The van der Waals surface area contributed by atoms with E-state index in [0.717, 1.165) is 31.3 Å². The van der Waals surface area contributed by atoms with Crippen molar-refractivity contribution in [2.45, 2.75) is 123 Å². The van der Waals surface area contributed by atoms with Gasteiger partial charge < -0.3 is 15.3 Å². The van der Waals surface area contributed by atoms with Gasteiger partial charge in [-0.15, -0.1) is 0 Å². The number of aliphatic hydroxyl groups excluding tert-OH is 3. The van der Waals surface area contributed by atoms with Gasteiger partial charge in [0.1, 0.15) is 5.78 Å². The molecule has 4 nitrogen and oxygen atoms in total. The number of carbonyl (C=O) groups excluding carboxylic acids is 1. The van der Waals surface area contributed by atoms with E-state index in [4.69, 9.17) is 0 Å². The Kier molecular flexibility index (Phi) is 7.87. The molecule has 6 atom stereocenters. The molecule has 4 aliphatic rings. The highest BCUT2D eigenvalue weighted by Crippen LogP contribution is 2.62. The highest BCUT2D eigenvalue weighted by atomic mass is 16.3. The van der Waals surface area contributed by atoms with Crippen LogP contribution in [0.2, 0.25) is 0 Å². The quantitative estimate of drug-likeness (QED) is 0.366. The Bertz CT molecular complexity index is 864. The van der Waals surface area contributed by atoms with Crippen molar-refractivity contribution in [3.8, 4) is 0 Å². The van der Waals surface area contributed by atoms with Gasteiger partial charge in [0, 0.05) is 6.42 Å². The highest BCUT2D eigenvalue weighted by Gasteiger charge is 2.55. The molecular formula is C31H48O4. The molecule has 4 heteroatoms. The second-order valence-electron chi connectivity index (χ2n) is 13.0. The number of carbonyl (C=O) groups is 1. The number of aliphatic hydroxyl groups is 3. The zero-order valence-electron chi connectivity index (χ0n) is 22.4. The lowest BCUT2D eigenvalue weighted by Crippen LogP contribution is -2.39. The van der Waals surface area contributed by atoms with Gasteiger partial charge in [-0.2, -0.15) is 0 Å². The maximum atomic E-state index is 12.6. The molecule has 35 heavy (non-hydrogen) atoms. The molecule has 0 spiro atoms. The lowest BCUT2D eigenvalue weighted by molar-refractivity contribution is -0.127. The average Bonchev–Trinajstić information content (AvgIpc) is 3.51. The van der Waals surface area contributed by atoms with Gasteiger partial charge in [0.05, 0.1) is 23.7 Å². The molecule has 0 unspecified atom stereocenters. The smallest absolute Gasteiger partial charge is 0.141 e. The molecule has 4 rings (SSSR count). The molecule has 0 saturated heterocycles. The highest BCUT2D eigenvalue weighted by molar-refractivity contribution is 5.88. The molecule has 0 aromatic heterocycles. The number of ketones is 1. The van der Waals surface area contributed by atoms with Gasteiger partial charge in [0.15, 0.2) is 0 Å². The van der Waals surface area contributed by atoms with Crippen LogP contribution in [0.4, 0.5) is 0 Å². The molecule has 0 amide bonds. The van der Waals surface area contributed by atoms with Gasteiger partial charge >= 0.3 is 0 Å². The molecule has 4 saturated carbocycles. The van der Waals surface area contributed by atoms with Crippen LogP contribution in [0.3, 0.4) is 0 Å². The second kappa shape index (κ2) is 10.3. The molecule has 4 aliphatic carbocycles. The Labute approximate surface area is 212 Å². The van der Waals surface area contributed by atoms with Crippen molar-refractivity contribution in [1.29, 1.82) is 0 Å². The van der Waals surface area contributed by atoms with Gasteiger partial charge in [-0.25, -0.2) is 0 Å². The Hall–Kier alpha value is -1.23. The lowest BCUT2D eigenvalue weighted by atomic mass is 9.57. The fourth-order valence-electron chi connectivity index (χ4n) is 7.98. The van der Waals surface area contributed by atoms with Crippen molar-refractivity contribution in [3.05, 3.63) is 35.5 Å². The summed E-state index contributed by atoms with van der Waals surface area (Å²) in [6, 6.07) is 0. The van der Waals surface area contributed by atoms with Crippen LogP contribution in [0.1, 0.15) is 105 Å². The zero-order valence-corrected chi connectivity index (χ0v) is 22.4. The maximum Gasteiger partial charge on any atom is 0.141 e. The summed E-state index contributed by atoms with van der Waals surface area (Å²) in [6.07, 6.45) is 18.0. The number of hydrogen-bond acceptors (Lipinski definition) is 4. The normalized spacial score (nSPS) is 36.9. The SMILES string of the molecule is CCCC(=O)C1([C@@H](O)/C=C/C(C)(C)[C@H]2CC[C@H]3/C(=C/C=C4C[C@@H](O)C[C@H](O)C4)CCC[C@]23C)CC1. The largest absolute Gasteiger partial charge is 0.393 e. The lowest BCUT2D eigenvalue weighted by Gasteiger charge is -2.47. The van der Waals surface area contributed by atoms with E-state index in [2.05, 4.69) is 39.0 Å². The molecule has 0 aromatic carbocycles. The second-order valence-corrected chi connectivity index (χ2v) is 13.0. The Morgan fingerprint density at radius 1 is 1.11 bits per heavy atom. The first-order chi connectivity index (χ1) is 16.5. The van der Waals surface area contributed by atoms with E-state index in [1.54, 1.807) is 0 Å². The predicted molar refractivity (Wildman–Crippen MR) is 141 cm³/mol. The van der Waals surface area contributed by atoms with Crippen molar-refractivity contribution in [1.82, 2.24) is 0 Å². The summed E-state index contributed by atoms with van der Waals surface area (Å²) in [5.74, 6) is 1.33. The number of fused-ring (bicyclic) bond motifs is 1. The minimum absolute atomic E-state index is 0.0487. The molecule has 0 aromatic rings. The summed E-state index contributed by atoms with van der Waals surface area (Å²) < 4.78 is 0. The fraction of sp³-hybridized carbons (Fsp3) is 0.774. The van der Waals surface area contributed by atoms with Crippen LogP contribution in [0.25, 0.3) is 0 Å². The van der Waals surface area contributed by atoms with Crippen molar-refractivity contribution in [2.75, 3.05) is 0 Å². The topological polar surface area (TPSA) is 77.8 Å². The van der Waals surface area contributed by atoms with E-state index in [9.17, 15) is 20.1 Å². The van der Waals surface area contributed by atoms with Crippen LogP contribution in [-0.4, -0.2) is 39.4 Å². The summed E-state index contributed by atoms with van der Waals surface area (Å²) in [6.45, 7) is 9.13. The maximum absolute atomic E-state index is 12.6. The van der Waals surface area contributed by atoms with Crippen molar-refractivity contribution < 1.29 is 20.1 Å². The first-order valence-corrected chi connectivity index (χ1v) is 14.2. The van der Waals surface area contributed by atoms with Crippen LogP contribution >= 0.6 is 0 Å². The molecule has 0 bridgehead atoms. The summed E-state index contributed by atoms with van der Waals surface area (Å²) in [7, 11) is 0. The first-order valence-electron chi connectivity index (χ1n) is 14.2. The monoisotopic (exact) mass is 484 g/mol. The molecule has 0 radical (unpaired) electrons. The first kappa shape index (κ1) is 26.8. The predicted octanol–water partition coefficient (Wildman–Crippen LogP) is 6.05. The van der Waals surface area contributed by atoms with E-state index in [0.29, 0.717) is 37.5 Å². The van der Waals surface area contributed by atoms with Crippen molar-refractivity contribution >= 4 is 5.78 Å². The van der Waals surface area contributed by atoms with Crippen molar-refractivity contribution in [2.24, 2.45) is 28.1 Å². The van der Waals surface area contributed by atoms with E-state index in [-0.39, 0.29) is 16.6 Å². The van der Waals surface area contributed by atoms with Crippen LogP contribution < -0.4 is 0 Å². The molecule has 196 valence electrons. The standard InChI is InChI=1S/C31H48O4/c1-5-7-27(34)31(16-17-31)28(35)13-15-29(2,3)26-12-11-25-22(8-6-14-30(25,26)4)10-9-21-18-23(32)20-24(33)19-21/h9-10,13,15,23-26,28,32-33,35H,5-8,11-12,14,16-20H2,1-4H3/b15-13+,22-10+/t23-,24-,25+,26-,28+,30+/m1/s1. The number of Topliss-reactive ketones (excluding diaryl/α,β-unsaturated/α-hetero) is 1. The van der Waals surface area contributed by atoms with Gasteiger partial charge in [-0.05, 0) is 93.3 Å². The fourth-order valence-corrected chi connectivity index (χ4v) is 7.98. The summed E-state index contributed by atoms with van der Waals surface area (Å²) in [5.41, 5.74) is 2.36. The number of allylic oxidation sites excluding steroid dienone is 4. The number of hydrogen-bond donors (Lipinski definition) is 3. The minimum Gasteiger partial charge on any atom is -0.393 e. The molecule has 3 N–H and O–H groups in total. The third kappa shape index (κ3) is 5.40. The van der Waals surface area contributed by atoms with Crippen LogP contribution in [0.5, 0.6) is 0 Å². The van der Waals surface area contributed by atoms with E-state index >= 15 is 0 Å². The van der Waals surface area contributed by atoms with Crippen LogP contribution in [-0.2, 0) is 4.79 Å². The number of rotatable bonds is 8. The minimum atomic E-state index is -0.666. The molecule has 0 heterocycles. The van der Waals surface area contributed by atoms with E-state index in [1.807, 2.05) is 13.0 Å². The van der Waals surface area contributed by atoms with Gasteiger partial charge in [0.25, 0.3) is 0 Å². The van der Waals surface area contributed by atoms with Crippen LogP contribution in [0, 0.1) is 28.1 Å². The van der Waals surface area contributed by atoms with Crippen molar-refractivity contribution in [3.63, 3.8) is 0 Å². The summed E-state index contributed by atoms with van der Waals surface area (Å²) >= 11 is 0.